The fraction of sp³-hybridized carbons (Fsp3) is 0.158. The Labute approximate surface area is 153 Å². The largest absolute Gasteiger partial charge is 0.496 e. The summed E-state index contributed by atoms with van der Waals surface area (Å²) in [4.78, 5) is 28.0. The third kappa shape index (κ3) is 3.44. The molecule has 0 aliphatic rings. The van der Waals surface area contributed by atoms with E-state index in [-0.39, 0.29) is 5.78 Å². The van der Waals surface area contributed by atoms with Gasteiger partial charge in [0, 0.05) is 22.7 Å². The number of rotatable bonds is 5. The first-order chi connectivity index (χ1) is 12.0. The number of nitrogens with one attached hydrogen (secondary N) is 1. The first-order valence-corrected chi connectivity index (χ1v) is 8.45. The number of ether oxygens (including phenoxy) is 2. The predicted octanol–water partition coefficient (Wildman–Crippen LogP) is 4.37. The molecule has 0 spiro atoms. The van der Waals surface area contributed by atoms with Crippen LogP contribution in [0.15, 0.2) is 53.1 Å². The minimum atomic E-state index is -0.896. The number of hydrogen-bond donors (Lipinski definition) is 1. The van der Waals surface area contributed by atoms with Crippen molar-refractivity contribution >= 4 is 38.6 Å². The van der Waals surface area contributed by atoms with Gasteiger partial charge in [-0.3, -0.25) is 4.79 Å². The van der Waals surface area contributed by atoms with E-state index in [0.717, 1.165) is 10.9 Å². The zero-order valence-electron chi connectivity index (χ0n) is 13.7. The van der Waals surface area contributed by atoms with Crippen molar-refractivity contribution in [3.63, 3.8) is 0 Å². The van der Waals surface area contributed by atoms with Crippen molar-refractivity contribution in [2.75, 3.05) is 7.11 Å². The van der Waals surface area contributed by atoms with Crippen molar-refractivity contribution in [3.05, 3.63) is 64.3 Å². The lowest BCUT2D eigenvalue weighted by Crippen LogP contribution is -2.24. The maximum Gasteiger partial charge on any atom is 0.338 e. The Morgan fingerprint density at radius 2 is 1.92 bits per heavy atom. The Morgan fingerprint density at radius 3 is 2.64 bits per heavy atom. The van der Waals surface area contributed by atoms with Crippen LogP contribution in [0.5, 0.6) is 5.75 Å². The topological polar surface area (TPSA) is 68.4 Å². The zero-order valence-corrected chi connectivity index (χ0v) is 15.3. The predicted molar refractivity (Wildman–Crippen MR) is 98.2 cm³/mol. The van der Waals surface area contributed by atoms with Gasteiger partial charge in [-0.05, 0) is 47.1 Å². The average molecular weight is 402 g/mol. The fourth-order valence-electron chi connectivity index (χ4n) is 2.57. The number of benzene rings is 2. The van der Waals surface area contributed by atoms with Gasteiger partial charge in [0.1, 0.15) is 5.75 Å². The summed E-state index contributed by atoms with van der Waals surface area (Å²) in [6.45, 7) is 1.57. The first kappa shape index (κ1) is 17.2. The van der Waals surface area contributed by atoms with Crippen LogP contribution in [0.1, 0.15) is 27.6 Å². The van der Waals surface area contributed by atoms with Crippen molar-refractivity contribution in [3.8, 4) is 5.75 Å². The maximum absolute atomic E-state index is 12.6. The van der Waals surface area contributed by atoms with E-state index in [1.54, 1.807) is 38.4 Å². The molecular weight excluding hydrogens is 386 g/mol. The molecule has 0 saturated heterocycles. The van der Waals surface area contributed by atoms with Crippen molar-refractivity contribution < 1.29 is 19.1 Å². The number of halogens is 1. The number of para-hydroxylation sites is 1. The Kier molecular flexibility index (Phi) is 4.90. The molecule has 0 radical (unpaired) electrons. The van der Waals surface area contributed by atoms with Gasteiger partial charge < -0.3 is 14.5 Å². The van der Waals surface area contributed by atoms with Gasteiger partial charge in [-0.2, -0.15) is 0 Å². The van der Waals surface area contributed by atoms with E-state index in [4.69, 9.17) is 9.47 Å². The van der Waals surface area contributed by atoms with Crippen molar-refractivity contribution in [1.82, 2.24) is 4.98 Å². The lowest BCUT2D eigenvalue weighted by atomic mass is 10.1. The van der Waals surface area contributed by atoms with Crippen LogP contribution in [-0.2, 0) is 4.74 Å². The van der Waals surface area contributed by atoms with Crippen LogP contribution in [0.2, 0.25) is 0 Å². The molecule has 6 heteroatoms. The molecule has 3 rings (SSSR count). The van der Waals surface area contributed by atoms with Gasteiger partial charge in [0.2, 0.25) is 5.78 Å². The van der Waals surface area contributed by atoms with Crippen LogP contribution < -0.4 is 4.74 Å². The van der Waals surface area contributed by atoms with Crippen LogP contribution in [-0.4, -0.2) is 30.0 Å². The van der Waals surface area contributed by atoms with E-state index in [0.29, 0.717) is 21.3 Å². The highest BCUT2D eigenvalue weighted by Gasteiger charge is 2.23. The summed E-state index contributed by atoms with van der Waals surface area (Å²) < 4.78 is 11.1. The molecule has 1 aromatic heterocycles. The summed E-state index contributed by atoms with van der Waals surface area (Å²) in [6, 6.07) is 12.3. The van der Waals surface area contributed by atoms with Crippen LogP contribution in [0.4, 0.5) is 0 Å². The van der Waals surface area contributed by atoms with E-state index in [1.807, 2.05) is 24.3 Å². The lowest BCUT2D eigenvalue weighted by Gasteiger charge is -2.12. The molecule has 0 fully saturated rings. The number of hydrogen-bond acceptors (Lipinski definition) is 4. The molecule has 1 N–H and O–H groups in total. The molecule has 0 unspecified atom stereocenters. The van der Waals surface area contributed by atoms with Gasteiger partial charge in [0.15, 0.2) is 6.10 Å². The maximum atomic E-state index is 12.6. The molecule has 0 aliphatic carbocycles. The lowest BCUT2D eigenvalue weighted by molar-refractivity contribution is 0.0319. The van der Waals surface area contributed by atoms with Gasteiger partial charge in [0.25, 0.3) is 0 Å². The number of H-pyrrole nitrogens is 1. The molecule has 25 heavy (non-hydrogen) atoms. The minimum Gasteiger partial charge on any atom is -0.496 e. The summed E-state index contributed by atoms with van der Waals surface area (Å²) in [6.07, 6.45) is 0.744. The van der Waals surface area contributed by atoms with E-state index in [1.165, 1.54) is 0 Å². The highest BCUT2D eigenvalue weighted by Crippen LogP contribution is 2.26. The third-order valence-corrected chi connectivity index (χ3v) is 4.51. The van der Waals surface area contributed by atoms with Crippen molar-refractivity contribution in [2.45, 2.75) is 13.0 Å². The Hall–Kier alpha value is -2.60. The summed E-state index contributed by atoms with van der Waals surface area (Å²) in [5.74, 6) is -0.207. The number of Topliss-reactive ketones (excluding diaryl/α,β-unsaturated/α-hetero) is 1. The second kappa shape index (κ2) is 7.11. The number of fused-ring (bicyclic) bond motifs is 1. The molecule has 0 bridgehead atoms. The number of carbonyl (C=O) groups excluding carboxylic acids is 2. The summed E-state index contributed by atoms with van der Waals surface area (Å²) >= 11 is 3.33. The summed E-state index contributed by atoms with van der Waals surface area (Å²) in [7, 11) is 1.54. The van der Waals surface area contributed by atoms with Gasteiger partial charge in [-0.15, -0.1) is 0 Å². The van der Waals surface area contributed by atoms with Crippen molar-refractivity contribution in [2.24, 2.45) is 0 Å². The SMILES string of the molecule is COc1ccc(C(=O)O[C@@H](C)C(=O)c2c[nH]c3ccccc23)cc1Br. The number of aromatic amines is 1. The third-order valence-electron chi connectivity index (χ3n) is 3.90. The number of aromatic nitrogens is 1. The average Bonchev–Trinajstić information content (AvgIpc) is 3.04. The number of methoxy groups -OCH3 is 1. The molecule has 2 aromatic carbocycles. The van der Waals surface area contributed by atoms with Gasteiger partial charge in [-0.1, -0.05) is 18.2 Å². The monoisotopic (exact) mass is 401 g/mol. The highest BCUT2D eigenvalue weighted by atomic mass is 79.9. The molecule has 1 heterocycles. The highest BCUT2D eigenvalue weighted by molar-refractivity contribution is 9.10. The standard InChI is InChI=1S/C19H16BrNO4/c1-11(18(22)14-10-21-16-6-4-3-5-13(14)16)25-19(23)12-7-8-17(24-2)15(20)9-12/h3-11,21H,1-2H3/t11-/m0/s1. The fourth-order valence-corrected chi connectivity index (χ4v) is 3.11. The van der Waals surface area contributed by atoms with Crippen LogP contribution in [0.3, 0.4) is 0 Å². The molecule has 0 amide bonds. The van der Waals surface area contributed by atoms with E-state index >= 15 is 0 Å². The Balaban J connectivity index is 1.77. The molecular formula is C19H16BrNO4. The van der Waals surface area contributed by atoms with Crippen molar-refractivity contribution in [1.29, 1.82) is 0 Å². The molecule has 0 saturated carbocycles. The van der Waals surface area contributed by atoms with Gasteiger partial charge >= 0.3 is 5.97 Å². The molecule has 1 atom stereocenters. The number of esters is 1. The zero-order chi connectivity index (χ0) is 18.0. The Bertz CT molecular complexity index is 948. The van der Waals surface area contributed by atoms with Crippen LogP contribution in [0, 0.1) is 0 Å². The normalized spacial score (nSPS) is 12.0. The first-order valence-electron chi connectivity index (χ1n) is 7.66. The quantitative estimate of drug-likeness (QED) is 0.509. The van der Waals surface area contributed by atoms with E-state index in [2.05, 4.69) is 20.9 Å². The van der Waals surface area contributed by atoms with Crippen LogP contribution in [0.25, 0.3) is 10.9 Å². The van der Waals surface area contributed by atoms with Gasteiger partial charge in [0.05, 0.1) is 17.1 Å². The molecule has 128 valence electrons. The van der Waals surface area contributed by atoms with E-state index < -0.39 is 12.1 Å². The van der Waals surface area contributed by atoms with Crippen LogP contribution >= 0.6 is 15.9 Å². The molecule has 0 aliphatic heterocycles. The number of ketones is 1. The smallest absolute Gasteiger partial charge is 0.338 e. The number of carbonyl (C=O) groups is 2. The second-order valence-electron chi connectivity index (χ2n) is 5.51. The summed E-state index contributed by atoms with van der Waals surface area (Å²) in [5.41, 5.74) is 1.71. The van der Waals surface area contributed by atoms with E-state index in [9.17, 15) is 9.59 Å². The second-order valence-corrected chi connectivity index (χ2v) is 6.36. The molecule has 3 aromatic rings. The van der Waals surface area contributed by atoms with Gasteiger partial charge in [-0.25, -0.2) is 4.79 Å². The molecule has 5 nitrogen and oxygen atoms in total. The minimum absolute atomic E-state index is 0.252. The summed E-state index contributed by atoms with van der Waals surface area (Å²) in [5, 5.41) is 0.808. The Morgan fingerprint density at radius 1 is 1.16 bits per heavy atom.